The highest BCUT2D eigenvalue weighted by atomic mass is 35.5. The molecule has 0 spiro atoms. The molecule has 0 atom stereocenters. The zero-order valence-electron chi connectivity index (χ0n) is 17.5. The van der Waals surface area contributed by atoms with Gasteiger partial charge in [0.25, 0.3) is 11.5 Å². The molecule has 3 aromatic rings. The van der Waals surface area contributed by atoms with Gasteiger partial charge < -0.3 is 19.7 Å². The van der Waals surface area contributed by atoms with Crippen LogP contribution in [0.3, 0.4) is 0 Å². The molecule has 1 N–H and O–H groups in total. The molecule has 1 saturated heterocycles. The molecule has 32 heavy (non-hydrogen) atoms. The summed E-state index contributed by atoms with van der Waals surface area (Å²) in [5.74, 6) is -0.196. The van der Waals surface area contributed by atoms with Crippen molar-refractivity contribution in [1.82, 2.24) is 9.47 Å². The maximum absolute atomic E-state index is 13.1. The van der Waals surface area contributed by atoms with Gasteiger partial charge in [-0.15, -0.1) is 0 Å². The third kappa shape index (κ3) is 4.46. The Labute approximate surface area is 189 Å². The topological polar surface area (TPSA) is 89.9 Å². The number of nitrogens with zero attached hydrogens (tertiary/aromatic N) is 2. The van der Waals surface area contributed by atoms with Crippen molar-refractivity contribution in [2.24, 2.45) is 0 Å². The second-order valence-corrected chi connectivity index (χ2v) is 7.73. The van der Waals surface area contributed by atoms with Crippen molar-refractivity contribution >= 4 is 40.0 Å². The van der Waals surface area contributed by atoms with Gasteiger partial charge in [-0.25, -0.2) is 0 Å². The van der Waals surface area contributed by atoms with Crippen LogP contribution >= 0.6 is 11.6 Å². The number of aromatic nitrogens is 1. The minimum absolute atomic E-state index is 0.220. The van der Waals surface area contributed by atoms with E-state index in [0.29, 0.717) is 59.2 Å². The van der Waals surface area contributed by atoms with Gasteiger partial charge in [-0.3, -0.25) is 19.0 Å². The average Bonchev–Trinajstić information content (AvgIpc) is 2.81. The lowest BCUT2D eigenvalue weighted by Crippen LogP contribution is -2.41. The summed E-state index contributed by atoms with van der Waals surface area (Å²) in [7, 11) is 1.49. The number of amides is 2. The first kappa shape index (κ1) is 21.9. The van der Waals surface area contributed by atoms with E-state index in [2.05, 4.69) is 5.32 Å². The molecule has 1 aromatic heterocycles. The van der Waals surface area contributed by atoms with E-state index in [1.54, 1.807) is 47.4 Å². The maximum Gasteiger partial charge on any atom is 0.254 e. The van der Waals surface area contributed by atoms with E-state index in [1.807, 2.05) is 0 Å². The molecule has 0 bridgehead atoms. The number of benzene rings is 2. The van der Waals surface area contributed by atoms with Crippen LogP contribution in [0, 0.1) is 0 Å². The Balaban J connectivity index is 1.66. The highest BCUT2D eigenvalue weighted by molar-refractivity contribution is 6.31. The number of anilines is 1. The number of nitrogens with one attached hydrogen (secondary N) is 1. The van der Waals surface area contributed by atoms with Crippen LogP contribution in [0.4, 0.5) is 5.69 Å². The molecule has 1 fully saturated rings. The van der Waals surface area contributed by atoms with Gasteiger partial charge >= 0.3 is 0 Å². The summed E-state index contributed by atoms with van der Waals surface area (Å²) in [4.78, 5) is 40.4. The molecule has 2 aromatic carbocycles. The molecule has 0 saturated carbocycles. The first-order chi connectivity index (χ1) is 15.5. The fraction of sp³-hybridized carbons (Fsp3) is 0.261. The number of para-hydroxylation sites is 1. The third-order valence-corrected chi connectivity index (χ3v) is 5.52. The van der Waals surface area contributed by atoms with E-state index in [-0.39, 0.29) is 12.5 Å². The van der Waals surface area contributed by atoms with Gasteiger partial charge in [0, 0.05) is 29.6 Å². The lowest BCUT2D eigenvalue weighted by Gasteiger charge is -2.27. The number of halogens is 1. The van der Waals surface area contributed by atoms with Gasteiger partial charge in [-0.05, 0) is 24.3 Å². The van der Waals surface area contributed by atoms with Gasteiger partial charge in [-0.2, -0.15) is 0 Å². The van der Waals surface area contributed by atoms with Crippen molar-refractivity contribution in [3.05, 3.63) is 69.5 Å². The molecule has 1 aliphatic rings. The molecule has 4 rings (SSSR count). The summed E-state index contributed by atoms with van der Waals surface area (Å²) in [6, 6.07) is 13.2. The monoisotopic (exact) mass is 455 g/mol. The van der Waals surface area contributed by atoms with Gasteiger partial charge in [-0.1, -0.05) is 29.8 Å². The van der Waals surface area contributed by atoms with Crippen molar-refractivity contribution in [3.8, 4) is 5.75 Å². The zero-order chi connectivity index (χ0) is 22.7. The minimum Gasteiger partial charge on any atom is -0.495 e. The van der Waals surface area contributed by atoms with E-state index in [0.717, 1.165) is 0 Å². The van der Waals surface area contributed by atoms with E-state index < -0.39 is 11.5 Å². The number of rotatable bonds is 5. The zero-order valence-corrected chi connectivity index (χ0v) is 18.2. The summed E-state index contributed by atoms with van der Waals surface area (Å²) < 4.78 is 11.9. The number of fused-ring (bicyclic) bond motifs is 1. The van der Waals surface area contributed by atoms with Crippen LogP contribution in [0.15, 0.2) is 53.3 Å². The van der Waals surface area contributed by atoms with E-state index in [9.17, 15) is 14.4 Å². The quantitative estimate of drug-likeness (QED) is 0.639. The normalized spacial score (nSPS) is 13.8. The SMILES string of the molecule is COc1ccc(Cl)cc1NC(=O)Cn1c(=O)cc(C(=O)N2CCOCC2)c2ccccc21. The Morgan fingerprint density at radius 1 is 1.12 bits per heavy atom. The molecule has 0 aliphatic carbocycles. The average molecular weight is 456 g/mol. The number of pyridine rings is 1. The van der Waals surface area contributed by atoms with Crippen molar-refractivity contribution in [2.45, 2.75) is 6.54 Å². The molecule has 1 aliphatic heterocycles. The Hall–Kier alpha value is -3.36. The standard InChI is InChI=1S/C23H22ClN3O5/c1-31-20-7-6-15(24)12-18(20)25-21(28)14-27-19-5-3-2-4-16(19)17(13-22(27)29)23(30)26-8-10-32-11-9-26/h2-7,12-13H,8-11,14H2,1H3,(H,25,28). The van der Waals surface area contributed by atoms with Crippen LogP contribution in [0.25, 0.3) is 10.9 Å². The molecule has 8 nitrogen and oxygen atoms in total. The summed E-state index contributed by atoms with van der Waals surface area (Å²) in [5.41, 5.74) is 0.792. The summed E-state index contributed by atoms with van der Waals surface area (Å²) in [5, 5.41) is 3.78. The first-order valence-corrected chi connectivity index (χ1v) is 10.5. The molecule has 2 amide bonds. The van der Waals surface area contributed by atoms with Crippen molar-refractivity contribution in [1.29, 1.82) is 0 Å². The summed E-state index contributed by atoms with van der Waals surface area (Å²) in [6.07, 6.45) is 0. The number of hydrogen-bond acceptors (Lipinski definition) is 5. The van der Waals surface area contributed by atoms with Crippen molar-refractivity contribution < 1.29 is 19.1 Å². The molecule has 0 unspecified atom stereocenters. The first-order valence-electron chi connectivity index (χ1n) is 10.1. The third-order valence-electron chi connectivity index (χ3n) is 5.28. The van der Waals surface area contributed by atoms with Gasteiger partial charge in [0.05, 0.1) is 37.1 Å². The highest BCUT2D eigenvalue weighted by Gasteiger charge is 2.22. The second kappa shape index (κ2) is 9.42. The largest absolute Gasteiger partial charge is 0.495 e. The molecular formula is C23H22ClN3O5. The fourth-order valence-electron chi connectivity index (χ4n) is 3.72. The number of carbonyl (C=O) groups excluding carboxylic acids is 2. The highest BCUT2D eigenvalue weighted by Crippen LogP contribution is 2.27. The van der Waals surface area contributed by atoms with Crippen molar-refractivity contribution in [2.75, 3.05) is 38.7 Å². The van der Waals surface area contributed by atoms with Gasteiger partial charge in [0.15, 0.2) is 0 Å². The summed E-state index contributed by atoms with van der Waals surface area (Å²) in [6.45, 7) is 1.64. The lowest BCUT2D eigenvalue weighted by molar-refractivity contribution is -0.116. The predicted molar refractivity (Wildman–Crippen MR) is 122 cm³/mol. The van der Waals surface area contributed by atoms with Gasteiger partial charge in [0.1, 0.15) is 12.3 Å². The Kier molecular flexibility index (Phi) is 6.43. The van der Waals surface area contributed by atoms with E-state index in [1.165, 1.54) is 17.7 Å². The second-order valence-electron chi connectivity index (χ2n) is 7.30. The minimum atomic E-state index is -0.437. The molecule has 0 radical (unpaired) electrons. The molecule has 166 valence electrons. The molecule has 9 heteroatoms. The molecule has 2 heterocycles. The van der Waals surface area contributed by atoms with Crippen LogP contribution in [0.5, 0.6) is 5.75 Å². The van der Waals surface area contributed by atoms with Crippen LogP contribution < -0.4 is 15.6 Å². The van der Waals surface area contributed by atoms with Crippen LogP contribution in [0.2, 0.25) is 5.02 Å². The fourth-order valence-corrected chi connectivity index (χ4v) is 3.89. The van der Waals surface area contributed by atoms with Crippen LogP contribution in [0.1, 0.15) is 10.4 Å². The van der Waals surface area contributed by atoms with E-state index >= 15 is 0 Å². The van der Waals surface area contributed by atoms with Crippen LogP contribution in [-0.4, -0.2) is 54.7 Å². The number of methoxy groups -OCH3 is 1. The maximum atomic E-state index is 13.1. The Bertz CT molecular complexity index is 1230. The number of ether oxygens (including phenoxy) is 2. The number of hydrogen-bond donors (Lipinski definition) is 1. The predicted octanol–water partition coefficient (Wildman–Crippen LogP) is 2.77. The smallest absolute Gasteiger partial charge is 0.254 e. The number of morpholine rings is 1. The van der Waals surface area contributed by atoms with Crippen molar-refractivity contribution in [3.63, 3.8) is 0 Å². The Morgan fingerprint density at radius 3 is 2.62 bits per heavy atom. The summed E-state index contributed by atoms with van der Waals surface area (Å²) >= 11 is 6.03. The van der Waals surface area contributed by atoms with Gasteiger partial charge in [0.2, 0.25) is 5.91 Å². The van der Waals surface area contributed by atoms with Crippen LogP contribution in [-0.2, 0) is 16.1 Å². The Morgan fingerprint density at radius 2 is 1.88 bits per heavy atom. The number of carbonyl (C=O) groups is 2. The molecular weight excluding hydrogens is 434 g/mol. The van der Waals surface area contributed by atoms with E-state index in [4.69, 9.17) is 21.1 Å². The lowest BCUT2D eigenvalue weighted by atomic mass is 10.1.